The lowest BCUT2D eigenvalue weighted by Crippen LogP contribution is -2.20. The Hall–Kier alpha value is -4.64. The molecule has 9 nitrogen and oxygen atoms in total. The summed E-state index contributed by atoms with van der Waals surface area (Å²) in [6, 6.07) is 9.61. The second-order valence-corrected chi connectivity index (χ2v) is 11.0. The van der Waals surface area contributed by atoms with Crippen LogP contribution in [-0.4, -0.2) is 31.5 Å². The summed E-state index contributed by atoms with van der Waals surface area (Å²) in [6.45, 7) is 8.38. The summed E-state index contributed by atoms with van der Waals surface area (Å²) in [5.41, 5.74) is 1.99. The molecule has 0 spiro atoms. The zero-order valence-electron chi connectivity index (χ0n) is 22.0. The van der Waals surface area contributed by atoms with Gasteiger partial charge in [0.15, 0.2) is 11.4 Å². The van der Waals surface area contributed by atoms with Crippen molar-refractivity contribution < 1.29 is 8.78 Å². The van der Waals surface area contributed by atoms with Gasteiger partial charge in [-0.15, -0.1) is 5.10 Å². The highest BCUT2D eigenvalue weighted by Gasteiger charge is 2.47. The number of anilines is 2. The van der Waals surface area contributed by atoms with Crippen LogP contribution >= 0.6 is 0 Å². The van der Waals surface area contributed by atoms with Gasteiger partial charge in [-0.3, -0.25) is 4.98 Å². The fourth-order valence-corrected chi connectivity index (χ4v) is 4.42. The van der Waals surface area contributed by atoms with Gasteiger partial charge in [0, 0.05) is 35.1 Å². The number of nitriles is 2. The molecule has 2 N–H and O–H groups in total. The predicted octanol–water partition coefficient (Wildman–Crippen LogP) is 5.35. The van der Waals surface area contributed by atoms with Gasteiger partial charge < -0.3 is 10.6 Å². The highest BCUT2D eigenvalue weighted by molar-refractivity contribution is 5.96. The van der Waals surface area contributed by atoms with Crippen LogP contribution in [0.4, 0.5) is 20.2 Å². The van der Waals surface area contributed by atoms with E-state index in [0.717, 1.165) is 0 Å². The quantitative estimate of drug-likeness (QED) is 0.308. The number of halogens is 2. The van der Waals surface area contributed by atoms with Crippen molar-refractivity contribution in [2.24, 2.45) is 5.41 Å². The van der Waals surface area contributed by atoms with E-state index in [9.17, 15) is 14.9 Å². The Morgan fingerprint density at radius 2 is 1.95 bits per heavy atom. The van der Waals surface area contributed by atoms with Crippen molar-refractivity contribution in [3.63, 3.8) is 0 Å². The highest BCUT2D eigenvalue weighted by Crippen LogP contribution is 2.42. The molecule has 1 atom stereocenters. The van der Waals surface area contributed by atoms with E-state index in [1.807, 2.05) is 0 Å². The molecular formula is C28H27F2N9. The third-order valence-electron chi connectivity index (χ3n) is 6.73. The molecule has 0 unspecified atom stereocenters. The number of aromatic nitrogens is 5. The molecule has 5 rings (SSSR count). The second-order valence-electron chi connectivity index (χ2n) is 11.0. The highest BCUT2D eigenvalue weighted by atomic mass is 19.1. The molecule has 1 saturated carbocycles. The molecular weight excluding hydrogens is 500 g/mol. The Kier molecular flexibility index (Phi) is 6.39. The first-order chi connectivity index (χ1) is 18.5. The zero-order valence-corrected chi connectivity index (χ0v) is 22.0. The molecule has 198 valence electrons. The number of aryl methyl sites for hydroxylation is 1. The third kappa shape index (κ3) is 5.08. The van der Waals surface area contributed by atoms with Crippen molar-refractivity contribution in [1.82, 2.24) is 25.0 Å². The van der Waals surface area contributed by atoms with Gasteiger partial charge in [-0.25, -0.2) is 14.1 Å². The normalized spacial score (nSPS) is 14.9. The van der Waals surface area contributed by atoms with Crippen molar-refractivity contribution in [1.29, 1.82) is 10.5 Å². The van der Waals surface area contributed by atoms with Crippen molar-refractivity contribution >= 4 is 22.3 Å². The van der Waals surface area contributed by atoms with E-state index < -0.39 is 23.3 Å². The third-order valence-corrected chi connectivity index (χ3v) is 6.73. The average molecular weight is 528 g/mol. The summed E-state index contributed by atoms with van der Waals surface area (Å²) in [6.07, 6.45) is 4.40. The van der Waals surface area contributed by atoms with E-state index in [4.69, 9.17) is 0 Å². The van der Waals surface area contributed by atoms with E-state index in [-0.39, 0.29) is 10.9 Å². The standard InChI is InChI=1S/C28H27F2N9/c1-16-19(5-6-23(30)35-16)26(22-13-39(38-37-22)28(14-32)7-8-28)36-18-9-20-24(34-15-27(2,3)4)17(11-31)12-33-25(20)21(29)10-18/h5-6,9-10,12-13,26,36H,7-8,15H2,1-4H3,(H,33,34)/t26-/m0/s1. The molecule has 0 aliphatic heterocycles. The van der Waals surface area contributed by atoms with Crippen molar-refractivity contribution in [2.75, 3.05) is 17.2 Å². The van der Waals surface area contributed by atoms with Crippen molar-refractivity contribution in [3.8, 4) is 12.1 Å². The predicted molar refractivity (Wildman–Crippen MR) is 142 cm³/mol. The number of hydrogen-bond donors (Lipinski definition) is 2. The molecule has 0 bridgehead atoms. The minimum Gasteiger partial charge on any atom is -0.383 e. The topological polar surface area (TPSA) is 128 Å². The summed E-state index contributed by atoms with van der Waals surface area (Å²) in [4.78, 5) is 8.14. The largest absolute Gasteiger partial charge is 0.383 e. The van der Waals surface area contributed by atoms with Crippen LogP contribution in [0.3, 0.4) is 0 Å². The van der Waals surface area contributed by atoms with Gasteiger partial charge in [-0.1, -0.05) is 32.1 Å². The number of fused-ring (bicyclic) bond motifs is 1. The van der Waals surface area contributed by atoms with Crippen molar-refractivity contribution in [2.45, 2.75) is 52.1 Å². The summed E-state index contributed by atoms with van der Waals surface area (Å²) >= 11 is 0. The van der Waals surface area contributed by atoms with Gasteiger partial charge in [0.1, 0.15) is 17.3 Å². The zero-order chi connectivity index (χ0) is 27.9. The van der Waals surface area contributed by atoms with Gasteiger partial charge in [0.25, 0.3) is 0 Å². The monoisotopic (exact) mass is 527 g/mol. The average Bonchev–Trinajstić information content (AvgIpc) is 3.53. The first kappa shape index (κ1) is 26.0. The summed E-state index contributed by atoms with van der Waals surface area (Å²) in [7, 11) is 0. The number of benzene rings is 1. The molecule has 0 radical (unpaired) electrons. The van der Waals surface area contributed by atoms with Gasteiger partial charge in [-0.2, -0.15) is 14.9 Å². The van der Waals surface area contributed by atoms with Crippen LogP contribution in [0.25, 0.3) is 10.9 Å². The smallest absolute Gasteiger partial charge is 0.213 e. The lowest BCUT2D eigenvalue weighted by atomic mass is 9.96. The van der Waals surface area contributed by atoms with Crippen LogP contribution in [0, 0.1) is 46.8 Å². The number of pyridine rings is 2. The Labute approximate surface area is 224 Å². The molecule has 39 heavy (non-hydrogen) atoms. The molecule has 3 heterocycles. The van der Waals surface area contributed by atoms with Crippen LogP contribution in [-0.2, 0) is 5.54 Å². The summed E-state index contributed by atoms with van der Waals surface area (Å²) < 4.78 is 30.8. The van der Waals surface area contributed by atoms with Gasteiger partial charge in [-0.05, 0) is 43.4 Å². The molecule has 1 aromatic carbocycles. The number of hydrogen-bond acceptors (Lipinski definition) is 8. The van der Waals surface area contributed by atoms with Crippen LogP contribution < -0.4 is 10.6 Å². The van der Waals surface area contributed by atoms with Gasteiger partial charge >= 0.3 is 0 Å². The minimum absolute atomic E-state index is 0.0941. The maximum atomic E-state index is 15.4. The first-order valence-electron chi connectivity index (χ1n) is 12.5. The van der Waals surface area contributed by atoms with Crippen LogP contribution in [0.15, 0.2) is 36.7 Å². The van der Waals surface area contributed by atoms with E-state index in [2.05, 4.69) is 63.8 Å². The van der Waals surface area contributed by atoms with E-state index in [1.165, 1.54) is 18.3 Å². The van der Waals surface area contributed by atoms with E-state index in [1.54, 1.807) is 29.9 Å². The summed E-state index contributed by atoms with van der Waals surface area (Å²) in [5.74, 6) is -1.20. The first-order valence-corrected chi connectivity index (χ1v) is 12.5. The van der Waals surface area contributed by atoms with E-state index in [0.29, 0.717) is 58.7 Å². The maximum absolute atomic E-state index is 15.4. The molecule has 4 aromatic rings. The Morgan fingerprint density at radius 1 is 1.18 bits per heavy atom. The molecule has 3 aromatic heterocycles. The van der Waals surface area contributed by atoms with Gasteiger partial charge in [0.05, 0.1) is 29.6 Å². The maximum Gasteiger partial charge on any atom is 0.213 e. The molecule has 1 fully saturated rings. The lowest BCUT2D eigenvalue weighted by molar-refractivity contribution is 0.443. The lowest BCUT2D eigenvalue weighted by Gasteiger charge is -2.22. The molecule has 0 amide bonds. The Morgan fingerprint density at radius 3 is 2.59 bits per heavy atom. The van der Waals surface area contributed by atoms with Crippen LogP contribution in [0.2, 0.25) is 0 Å². The Bertz CT molecular complexity index is 1650. The molecule has 0 saturated heterocycles. The number of nitrogens with zero attached hydrogens (tertiary/aromatic N) is 7. The number of nitrogens with one attached hydrogen (secondary N) is 2. The van der Waals surface area contributed by atoms with Crippen LogP contribution in [0.5, 0.6) is 0 Å². The minimum atomic E-state index is -0.714. The number of rotatable bonds is 7. The van der Waals surface area contributed by atoms with E-state index >= 15 is 4.39 Å². The SMILES string of the molecule is Cc1nc(F)ccc1[C@H](Nc1cc(F)c2ncc(C#N)c(NCC(C)(C)C)c2c1)c1cn(C2(C#N)CC2)nn1. The fourth-order valence-electron chi connectivity index (χ4n) is 4.42. The van der Waals surface area contributed by atoms with Gasteiger partial charge in [0.2, 0.25) is 5.95 Å². The Balaban J connectivity index is 1.61. The second kappa shape index (κ2) is 9.59. The fraction of sp³-hybridized carbons (Fsp3) is 0.357. The molecule has 1 aliphatic carbocycles. The molecule has 11 heteroatoms. The van der Waals surface area contributed by atoms with Crippen molar-refractivity contribution in [3.05, 3.63) is 70.9 Å². The summed E-state index contributed by atoms with van der Waals surface area (Å²) in [5, 5.41) is 34.9. The van der Waals surface area contributed by atoms with Crippen LogP contribution in [0.1, 0.15) is 62.2 Å². The molecule has 1 aliphatic rings.